The summed E-state index contributed by atoms with van der Waals surface area (Å²) < 4.78 is 19.6. The summed E-state index contributed by atoms with van der Waals surface area (Å²) in [7, 11) is -1.71. The summed E-state index contributed by atoms with van der Waals surface area (Å²) >= 11 is 0. The van der Waals surface area contributed by atoms with Crippen LogP contribution >= 0.6 is 8.60 Å². The number of aryl methyl sites for hydroxylation is 3. The largest absolute Gasteiger partial charge is 0.530 e. The van der Waals surface area contributed by atoms with Crippen LogP contribution in [0.15, 0.2) is 72.8 Å². The van der Waals surface area contributed by atoms with Crippen molar-refractivity contribution in [3.05, 3.63) is 89.5 Å². The topological polar surface area (TPSA) is 27.7 Å². The molecule has 0 amide bonds. The van der Waals surface area contributed by atoms with Gasteiger partial charge in [-0.05, 0) is 91.6 Å². The van der Waals surface area contributed by atoms with Gasteiger partial charge in [0.1, 0.15) is 17.2 Å². The lowest BCUT2D eigenvalue weighted by Crippen LogP contribution is -2.03. The first kappa shape index (κ1) is 73.7. The van der Waals surface area contributed by atoms with Crippen molar-refractivity contribution < 1.29 is 13.6 Å². The molecule has 0 spiro atoms. The Bertz CT molecular complexity index is 1520. The quantitative estimate of drug-likeness (QED) is 0.0416. The van der Waals surface area contributed by atoms with Crippen molar-refractivity contribution in [3.63, 3.8) is 0 Å². The standard InChI is InChI=1S/C78H135O3P/c1-4-7-10-13-16-19-22-25-28-31-34-37-40-43-46-49-52-55-58-73-61-67-76(68-62-73)79-82(80-77-69-63-74(64-70-77)59-56-53-50-47-44-41-38-35-32-29-26-23-20-17-14-11-8-5-2)81-78-71-65-75(66-72-78)60-57-54-51-48-45-42-39-36-33-30-27-24-21-18-15-12-9-6-3/h61-72H,4-60H2,1-3H3. The molecule has 0 saturated carbocycles. The van der Waals surface area contributed by atoms with E-state index in [9.17, 15) is 0 Å². The van der Waals surface area contributed by atoms with Crippen LogP contribution in [0.5, 0.6) is 17.2 Å². The van der Waals surface area contributed by atoms with E-state index in [1.807, 2.05) is 0 Å². The third-order valence-corrected chi connectivity index (χ3v) is 18.8. The van der Waals surface area contributed by atoms with Crippen molar-refractivity contribution in [3.8, 4) is 17.2 Å². The van der Waals surface area contributed by atoms with E-state index < -0.39 is 8.60 Å². The smallest absolute Gasteiger partial charge is 0.409 e. The summed E-state index contributed by atoms with van der Waals surface area (Å²) in [4.78, 5) is 0. The lowest BCUT2D eigenvalue weighted by Gasteiger charge is -2.18. The second-order valence-electron chi connectivity index (χ2n) is 25.7. The SMILES string of the molecule is CCCCCCCCCCCCCCCCCCCCc1ccc(OP(Oc2ccc(CCCCCCCCCCCCCCCCCCCC)cc2)Oc2ccc(CCCCCCCCCCCCCCCCCCCC)cc2)cc1. The van der Waals surface area contributed by atoms with Gasteiger partial charge < -0.3 is 13.6 Å². The predicted molar refractivity (Wildman–Crippen MR) is 366 cm³/mol. The molecule has 0 atom stereocenters. The molecule has 0 aliphatic rings. The Morgan fingerprint density at radius 3 is 0.463 bits per heavy atom. The number of hydrogen-bond donors (Lipinski definition) is 0. The number of hydrogen-bond acceptors (Lipinski definition) is 3. The van der Waals surface area contributed by atoms with E-state index in [2.05, 4.69) is 93.6 Å². The maximum atomic E-state index is 6.54. The van der Waals surface area contributed by atoms with Crippen LogP contribution in [0.4, 0.5) is 0 Å². The first-order valence-electron chi connectivity index (χ1n) is 36.8. The van der Waals surface area contributed by atoms with E-state index in [0.717, 1.165) is 36.5 Å². The molecule has 0 aromatic heterocycles. The third-order valence-electron chi connectivity index (χ3n) is 17.8. The molecular weight excluding hydrogens is 1020 g/mol. The minimum atomic E-state index is -1.71. The Hall–Kier alpha value is -2.51. The highest BCUT2D eigenvalue weighted by Gasteiger charge is 2.20. The van der Waals surface area contributed by atoms with Crippen LogP contribution in [0, 0.1) is 0 Å². The minimum absolute atomic E-state index is 0.795. The summed E-state index contributed by atoms with van der Waals surface area (Å²) in [5, 5.41) is 0. The normalized spacial score (nSPS) is 11.6. The van der Waals surface area contributed by atoms with Crippen LogP contribution in [0.1, 0.15) is 384 Å². The average Bonchev–Trinajstić information content (AvgIpc) is 3.49. The van der Waals surface area contributed by atoms with Crippen LogP contribution in [-0.2, 0) is 19.3 Å². The lowest BCUT2D eigenvalue weighted by atomic mass is 10.0. The van der Waals surface area contributed by atoms with Crippen LogP contribution in [0.2, 0.25) is 0 Å². The zero-order valence-corrected chi connectivity index (χ0v) is 55.8. The second kappa shape index (κ2) is 57.6. The van der Waals surface area contributed by atoms with Crippen molar-refractivity contribution in [2.24, 2.45) is 0 Å². The highest BCUT2D eigenvalue weighted by atomic mass is 31.2. The molecule has 0 heterocycles. The van der Waals surface area contributed by atoms with Gasteiger partial charge in [-0.2, -0.15) is 0 Å². The molecule has 0 saturated heterocycles. The second-order valence-corrected chi connectivity index (χ2v) is 26.7. The zero-order valence-electron chi connectivity index (χ0n) is 54.9. The van der Waals surface area contributed by atoms with Gasteiger partial charge in [0.05, 0.1) is 0 Å². The third kappa shape index (κ3) is 45.8. The molecule has 4 heteroatoms. The van der Waals surface area contributed by atoms with Crippen LogP contribution in [-0.4, -0.2) is 0 Å². The molecule has 0 aliphatic carbocycles. The van der Waals surface area contributed by atoms with Crippen molar-refractivity contribution in [2.75, 3.05) is 0 Å². The van der Waals surface area contributed by atoms with Gasteiger partial charge in [-0.25, -0.2) is 0 Å². The Morgan fingerprint density at radius 2 is 0.317 bits per heavy atom. The fourth-order valence-electron chi connectivity index (χ4n) is 12.2. The molecule has 0 aliphatic heterocycles. The zero-order chi connectivity index (χ0) is 58.0. The summed E-state index contributed by atoms with van der Waals surface area (Å²) in [6, 6.07) is 26.1. The molecule has 0 unspecified atom stereocenters. The van der Waals surface area contributed by atoms with Crippen LogP contribution in [0.3, 0.4) is 0 Å². The maximum Gasteiger partial charge on any atom is 0.530 e. The molecule has 3 aromatic rings. The number of benzene rings is 3. The summed E-state index contributed by atoms with van der Waals surface area (Å²) in [5.41, 5.74) is 4.14. The fraction of sp³-hybridized carbons (Fsp3) is 0.769. The van der Waals surface area contributed by atoms with Gasteiger partial charge in [0.25, 0.3) is 0 Å². The maximum absolute atomic E-state index is 6.54. The molecule has 0 N–H and O–H groups in total. The highest BCUT2D eigenvalue weighted by molar-refractivity contribution is 7.43. The van der Waals surface area contributed by atoms with E-state index >= 15 is 0 Å². The van der Waals surface area contributed by atoms with Gasteiger partial charge in [-0.1, -0.05) is 385 Å². The highest BCUT2D eigenvalue weighted by Crippen LogP contribution is 2.42. The van der Waals surface area contributed by atoms with E-state index in [0.29, 0.717) is 0 Å². The monoisotopic (exact) mass is 1150 g/mol. The first-order chi connectivity index (χ1) is 40.7. The molecule has 3 aromatic carbocycles. The van der Waals surface area contributed by atoms with E-state index in [1.165, 1.54) is 363 Å². The van der Waals surface area contributed by atoms with Gasteiger partial charge >= 0.3 is 8.60 Å². The number of unbranched alkanes of at least 4 members (excludes halogenated alkanes) is 51. The average molecular weight is 1150 g/mol. The summed E-state index contributed by atoms with van der Waals surface area (Å²) in [5.74, 6) is 2.39. The van der Waals surface area contributed by atoms with Crippen molar-refractivity contribution in [2.45, 2.75) is 387 Å². The molecule has 0 bridgehead atoms. The molecule has 0 radical (unpaired) electrons. The molecule has 3 rings (SSSR count). The van der Waals surface area contributed by atoms with E-state index in [4.69, 9.17) is 13.6 Å². The summed E-state index contributed by atoms with van der Waals surface area (Å²) in [6.07, 6.45) is 79.7. The van der Waals surface area contributed by atoms with Crippen molar-refractivity contribution in [1.29, 1.82) is 0 Å². The fourth-order valence-corrected chi connectivity index (χ4v) is 13.2. The van der Waals surface area contributed by atoms with Crippen molar-refractivity contribution in [1.82, 2.24) is 0 Å². The molecule has 82 heavy (non-hydrogen) atoms. The number of rotatable bonds is 63. The Kier molecular flexibility index (Phi) is 51.8. The van der Waals surface area contributed by atoms with E-state index in [-0.39, 0.29) is 0 Å². The molecule has 3 nitrogen and oxygen atoms in total. The van der Waals surface area contributed by atoms with Gasteiger partial charge in [0, 0.05) is 0 Å². The lowest BCUT2D eigenvalue weighted by molar-refractivity contribution is 0.388. The van der Waals surface area contributed by atoms with Gasteiger partial charge in [-0.15, -0.1) is 0 Å². The Balaban J connectivity index is 1.33. The van der Waals surface area contributed by atoms with Gasteiger partial charge in [0.2, 0.25) is 0 Å². The summed E-state index contributed by atoms with van der Waals surface area (Å²) in [6.45, 7) is 6.92. The molecule has 0 fully saturated rings. The Morgan fingerprint density at radius 1 is 0.183 bits per heavy atom. The molecular formula is C78H135O3P. The van der Waals surface area contributed by atoms with Crippen LogP contribution < -0.4 is 13.6 Å². The Labute approximate surface area is 513 Å². The van der Waals surface area contributed by atoms with Crippen molar-refractivity contribution >= 4 is 8.60 Å². The van der Waals surface area contributed by atoms with E-state index in [1.54, 1.807) is 0 Å². The van der Waals surface area contributed by atoms with Crippen LogP contribution in [0.25, 0.3) is 0 Å². The van der Waals surface area contributed by atoms with Gasteiger partial charge in [-0.3, -0.25) is 0 Å². The predicted octanol–water partition coefficient (Wildman–Crippen LogP) is 28.2. The first-order valence-corrected chi connectivity index (χ1v) is 37.9. The minimum Gasteiger partial charge on any atom is -0.409 e. The molecule has 470 valence electrons. The van der Waals surface area contributed by atoms with Gasteiger partial charge in [0.15, 0.2) is 0 Å².